The molecule has 1 fully saturated rings. The van der Waals surface area contributed by atoms with E-state index >= 15 is 0 Å². The van der Waals surface area contributed by atoms with E-state index in [1.165, 1.54) is 22.7 Å². The van der Waals surface area contributed by atoms with Crippen molar-refractivity contribution in [3.05, 3.63) is 0 Å². The largest absolute Gasteiger partial charge is 0.387 e. The van der Waals surface area contributed by atoms with Crippen LogP contribution in [-0.4, -0.2) is 50.0 Å². The summed E-state index contributed by atoms with van der Waals surface area (Å²) in [5, 5.41) is 7.33. The highest BCUT2D eigenvalue weighted by Gasteiger charge is 2.31. The zero-order chi connectivity index (χ0) is 11.6. The maximum absolute atomic E-state index is 11.8. The molecule has 0 amide bonds. The molecule has 0 radical (unpaired) electrons. The molecule has 1 rings (SSSR count). The lowest BCUT2D eigenvalue weighted by Crippen LogP contribution is -2.47. The Kier molecular flexibility index (Phi) is 3.69. The SMILES string of the molecule is CN(C)S(=O)(=O)N1CCCC(C(=N)N)C1. The van der Waals surface area contributed by atoms with Crippen molar-refractivity contribution in [3.63, 3.8) is 0 Å². The second-order valence-electron chi connectivity index (χ2n) is 3.94. The third kappa shape index (κ3) is 2.67. The highest BCUT2D eigenvalue weighted by atomic mass is 32.2. The molecule has 1 saturated heterocycles. The quantitative estimate of drug-likeness (QED) is 0.506. The van der Waals surface area contributed by atoms with Gasteiger partial charge in [0, 0.05) is 33.1 Å². The minimum atomic E-state index is -3.35. The van der Waals surface area contributed by atoms with Gasteiger partial charge in [0.1, 0.15) is 0 Å². The fraction of sp³-hybridized carbons (Fsp3) is 0.875. The number of rotatable bonds is 3. The zero-order valence-corrected chi connectivity index (χ0v) is 9.92. The number of nitrogens with two attached hydrogens (primary N) is 1. The van der Waals surface area contributed by atoms with Crippen LogP contribution in [0.15, 0.2) is 0 Å². The maximum atomic E-state index is 11.8. The third-order valence-electron chi connectivity index (χ3n) is 2.61. The molecule has 0 aliphatic carbocycles. The first-order valence-corrected chi connectivity index (χ1v) is 6.27. The molecule has 15 heavy (non-hydrogen) atoms. The monoisotopic (exact) mass is 234 g/mol. The molecule has 1 atom stereocenters. The predicted molar refractivity (Wildman–Crippen MR) is 58.8 cm³/mol. The lowest BCUT2D eigenvalue weighted by molar-refractivity contribution is 0.294. The summed E-state index contributed by atoms with van der Waals surface area (Å²) in [6, 6.07) is 0. The number of nitrogens with one attached hydrogen (secondary N) is 1. The van der Waals surface area contributed by atoms with Crippen LogP contribution in [0.3, 0.4) is 0 Å². The van der Waals surface area contributed by atoms with E-state index in [-0.39, 0.29) is 11.8 Å². The fourth-order valence-corrected chi connectivity index (χ4v) is 2.83. The first kappa shape index (κ1) is 12.4. The molecule has 1 unspecified atom stereocenters. The molecular weight excluding hydrogens is 216 g/mol. The lowest BCUT2D eigenvalue weighted by Gasteiger charge is -2.32. The molecule has 1 heterocycles. The molecule has 0 bridgehead atoms. The van der Waals surface area contributed by atoms with Crippen LogP contribution in [0.5, 0.6) is 0 Å². The number of hydrogen-bond acceptors (Lipinski definition) is 3. The van der Waals surface area contributed by atoms with E-state index < -0.39 is 10.2 Å². The lowest BCUT2D eigenvalue weighted by atomic mass is 9.99. The molecule has 3 N–H and O–H groups in total. The Hall–Kier alpha value is -0.660. The number of piperidine rings is 1. The van der Waals surface area contributed by atoms with E-state index in [9.17, 15) is 8.42 Å². The maximum Gasteiger partial charge on any atom is 0.281 e. The summed E-state index contributed by atoms with van der Waals surface area (Å²) in [6.45, 7) is 0.847. The summed E-state index contributed by atoms with van der Waals surface area (Å²) in [6.07, 6.45) is 1.56. The standard InChI is InChI=1S/C8H18N4O2S/c1-11(2)15(13,14)12-5-3-4-7(6-12)8(9)10/h7H,3-6H2,1-2H3,(H3,9,10). The summed E-state index contributed by atoms with van der Waals surface area (Å²) in [7, 11) is -0.339. The van der Waals surface area contributed by atoms with Gasteiger partial charge in [-0.1, -0.05) is 0 Å². The van der Waals surface area contributed by atoms with Gasteiger partial charge in [-0.3, -0.25) is 5.41 Å². The summed E-state index contributed by atoms with van der Waals surface area (Å²) in [5.74, 6) is -0.0536. The molecule has 0 aromatic heterocycles. The fourth-order valence-electron chi connectivity index (χ4n) is 1.64. The van der Waals surface area contributed by atoms with Gasteiger partial charge < -0.3 is 5.73 Å². The van der Waals surface area contributed by atoms with Gasteiger partial charge in [-0.25, -0.2) is 0 Å². The summed E-state index contributed by atoms with van der Waals surface area (Å²) >= 11 is 0. The van der Waals surface area contributed by atoms with Crippen LogP contribution < -0.4 is 5.73 Å². The number of nitrogens with zero attached hydrogens (tertiary/aromatic N) is 2. The van der Waals surface area contributed by atoms with Crippen molar-refractivity contribution in [3.8, 4) is 0 Å². The first-order valence-electron chi connectivity index (χ1n) is 4.87. The van der Waals surface area contributed by atoms with Gasteiger partial charge in [-0.05, 0) is 12.8 Å². The normalized spacial score (nSPS) is 24.3. The van der Waals surface area contributed by atoms with Gasteiger partial charge >= 0.3 is 0 Å². The Bertz CT molecular complexity index is 339. The second kappa shape index (κ2) is 4.46. The highest BCUT2D eigenvalue weighted by Crippen LogP contribution is 2.19. The minimum absolute atomic E-state index is 0.0775. The topological polar surface area (TPSA) is 90.5 Å². The highest BCUT2D eigenvalue weighted by molar-refractivity contribution is 7.86. The van der Waals surface area contributed by atoms with E-state index in [0.717, 1.165) is 12.8 Å². The second-order valence-corrected chi connectivity index (χ2v) is 6.09. The Morgan fingerprint density at radius 1 is 1.53 bits per heavy atom. The van der Waals surface area contributed by atoms with Crippen LogP contribution in [-0.2, 0) is 10.2 Å². The molecule has 6 nitrogen and oxygen atoms in total. The van der Waals surface area contributed by atoms with Crippen molar-refractivity contribution in [1.29, 1.82) is 5.41 Å². The van der Waals surface area contributed by atoms with Gasteiger partial charge in [-0.2, -0.15) is 17.0 Å². The van der Waals surface area contributed by atoms with E-state index in [4.69, 9.17) is 11.1 Å². The van der Waals surface area contributed by atoms with Crippen molar-refractivity contribution in [2.24, 2.45) is 11.7 Å². The van der Waals surface area contributed by atoms with E-state index in [2.05, 4.69) is 0 Å². The summed E-state index contributed by atoms with van der Waals surface area (Å²) in [4.78, 5) is 0. The minimum Gasteiger partial charge on any atom is -0.387 e. The molecular formula is C8H18N4O2S. The van der Waals surface area contributed by atoms with Gasteiger partial charge in [-0.15, -0.1) is 0 Å². The molecule has 0 saturated carbocycles. The van der Waals surface area contributed by atoms with Gasteiger partial charge in [0.05, 0.1) is 5.84 Å². The smallest absolute Gasteiger partial charge is 0.281 e. The Balaban J connectivity index is 2.77. The van der Waals surface area contributed by atoms with Crippen LogP contribution in [0.1, 0.15) is 12.8 Å². The Morgan fingerprint density at radius 2 is 2.13 bits per heavy atom. The van der Waals surface area contributed by atoms with E-state index in [1.54, 1.807) is 0 Å². The van der Waals surface area contributed by atoms with Crippen molar-refractivity contribution >= 4 is 16.0 Å². The van der Waals surface area contributed by atoms with Crippen molar-refractivity contribution in [2.45, 2.75) is 12.8 Å². The molecule has 88 valence electrons. The van der Waals surface area contributed by atoms with Gasteiger partial charge in [0.15, 0.2) is 0 Å². The average molecular weight is 234 g/mol. The number of hydrogen-bond donors (Lipinski definition) is 2. The van der Waals surface area contributed by atoms with Crippen molar-refractivity contribution in [2.75, 3.05) is 27.2 Å². The van der Waals surface area contributed by atoms with Crippen molar-refractivity contribution in [1.82, 2.24) is 8.61 Å². The van der Waals surface area contributed by atoms with Crippen LogP contribution >= 0.6 is 0 Å². The first-order chi connectivity index (χ1) is 6.85. The molecule has 0 aromatic carbocycles. The molecule has 0 aromatic rings. The van der Waals surface area contributed by atoms with Crippen LogP contribution in [0, 0.1) is 11.3 Å². The zero-order valence-electron chi connectivity index (χ0n) is 9.10. The number of amidine groups is 1. The molecule has 1 aliphatic rings. The Labute approximate surface area is 90.7 Å². The third-order valence-corrected chi connectivity index (χ3v) is 4.52. The predicted octanol–water partition coefficient (Wildman–Crippen LogP) is -0.559. The summed E-state index contributed by atoms with van der Waals surface area (Å²) < 4.78 is 26.2. The van der Waals surface area contributed by atoms with Crippen LogP contribution in [0.25, 0.3) is 0 Å². The molecule has 1 aliphatic heterocycles. The van der Waals surface area contributed by atoms with Crippen LogP contribution in [0.2, 0.25) is 0 Å². The average Bonchev–Trinajstić information content (AvgIpc) is 2.17. The van der Waals surface area contributed by atoms with E-state index in [1.807, 2.05) is 0 Å². The van der Waals surface area contributed by atoms with Gasteiger partial charge in [0.2, 0.25) is 0 Å². The van der Waals surface area contributed by atoms with Crippen LogP contribution in [0.4, 0.5) is 0 Å². The molecule has 0 spiro atoms. The summed E-state index contributed by atoms with van der Waals surface area (Å²) in [5.41, 5.74) is 5.40. The van der Waals surface area contributed by atoms with Crippen molar-refractivity contribution < 1.29 is 8.42 Å². The van der Waals surface area contributed by atoms with Gasteiger partial charge in [0.25, 0.3) is 10.2 Å². The van der Waals surface area contributed by atoms with E-state index in [0.29, 0.717) is 13.1 Å². The molecule has 7 heteroatoms. The Morgan fingerprint density at radius 3 is 2.60 bits per heavy atom.